The highest BCUT2D eigenvalue weighted by molar-refractivity contribution is 6.21. The minimum atomic E-state index is 1.18. The van der Waals surface area contributed by atoms with E-state index in [9.17, 15) is 0 Å². The lowest BCUT2D eigenvalue weighted by atomic mass is 9.95. The van der Waals surface area contributed by atoms with Crippen LogP contribution in [0.4, 0.5) is 0 Å². The fourth-order valence-corrected chi connectivity index (χ4v) is 6.27. The lowest BCUT2D eigenvalue weighted by Gasteiger charge is -2.12. The third-order valence-corrected chi connectivity index (χ3v) is 7.92. The van der Waals surface area contributed by atoms with Crippen LogP contribution in [0.15, 0.2) is 127 Å². The average molecular weight is 473 g/mol. The molecule has 0 radical (unpaired) electrons. The van der Waals surface area contributed by atoms with E-state index in [1.807, 2.05) is 0 Å². The maximum atomic E-state index is 2.38. The molecular weight excluding hydrogens is 448 g/mol. The van der Waals surface area contributed by atoms with Gasteiger partial charge in [0.25, 0.3) is 0 Å². The molecule has 0 fully saturated rings. The molecule has 0 aliphatic carbocycles. The fraction of sp³-hybridized carbons (Fsp3) is 0.0286. The number of nitrogens with zero attached hydrogens (tertiary/aromatic N) is 2. The van der Waals surface area contributed by atoms with Crippen molar-refractivity contribution in [3.05, 3.63) is 127 Å². The molecule has 0 aliphatic heterocycles. The predicted molar refractivity (Wildman–Crippen MR) is 158 cm³/mol. The Bertz CT molecular complexity index is 2090. The number of aromatic nitrogens is 2. The van der Waals surface area contributed by atoms with E-state index in [1.54, 1.807) is 0 Å². The van der Waals surface area contributed by atoms with E-state index in [2.05, 4.69) is 144 Å². The Labute approximate surface area is 214 Å². The first-order valence-electron chi connectivity index (χ1n) is 12.8. The van der Waals surface area contributed by atoms with Crippen molar-refractivity contribution in [3.8, 4) is 16.8 Å². The molecule has 8 aromatic rings. The van der Waals surface area contributed by atoms with Crippen LogP contribution in [0.5, 0.6) is 0 Å². The summed E-state index contributed by atoms with van der Waals surface area (Å²) in [4.78, 5) is 0. The van der Waals surface area contributed by atoms with E-state index in [-0.39, 0.29) is 0 Å². The van der Waals surface area contributed by atoms with Crippen molar-refractivity contribution in [3.63, 3.8) is 0 Å². The van der Waals surface area contributed by atoms with E-state index in [0.717, 1.165) is 0 Å². The summed E-state index contributed by atoms with van der Waals surface area (Å²) in [5, 5.41) is 7.75. The second kappa shape index (κ2) is 7.59. The Morgan fingerprint density at radius 1 is 0.432 bits per heavy atom. The molecule has 37 heavy (non-hydrogen) atoms. The molecule has 2 aromatic heterocycles. The Hall–Kier alpha value is -4.82. The van der Waals surface area contributed by atoms with E-state index in [0.29, 0.717) is 0 Å². The SMILES string of the molecule is Cn1c2ccccc2c2cc(-c3ccc(-n4c5ccccc5c5ccccc54)cc3)c3ccccc3c21. The quantitative estimate of drug-likeness (QED) is 0.237. The largest absolute Gasteiger partial charge is 0.343 e. The van der Waals surface area contributed by atoms with Gasteiger partial charge in [0.15, 0.2) is 0 Å². The summed E-state index contributed by atoms with van der Waals surface area (Å²) in [6, 6.07) is 46.3. The molecule has 0 spiro atoms. The molecule has 2 heterocycles. The third-order valence-electron chi connectivity index (χ3n) is 7.92. The number of fused-ring (bicyclic) bond motifs is 8. The van der Waals surface area contributed by atoms with Gasteiger partial charge in [0.1, 0.15) is 0 Å². The molecule has 8 rings (SSSR count). The first-order chi connectivity index (χ1) is 18.3. The zero-order valence-electron chi connectivity index (χ0n) is 20.5. The van der Waals surface area contributed by atoms with Gasteiger partial charge in [-0.15, -0.1) is 0 Å². The molecule has 0 atom stereocenters. The van der Waals surface area contributed by atoms with Crippen LogP contribution in [-0.4, -0.2) is 9.13 Å². The summed E-state index contributed by atoms with van der Waals surface area (Å²) in [5.41, 5.74) is 8.71. The number of para-hydroxylation sites is 3. The minimum absolute atomic E-state index is 1.18. The van der Waals surface area contributed by atoms with Crippen LogP contribution in [0, 0.1) is 0 Å². The van der Waals surface area contributed by atoms with Crippen molar-refractivity contribution in [2.75, 3.05) is 0 Å². The van der Waals surface area contributed by atoms with Gasteiger partial charge in [0.2, 0.25) is 0 Å². The molecule has 6 aromatic carbocycles. The van der Waals surface area contributed by atoms with Crippen molar-refractivity contribution >= 4 is 54.4 Å². The van der Waals surface area contributed by atoms with Crippen LogP contribution >= 0.6 is 0 Å². The maximum absolute atomic E-state index is 2.38. The van der Waals surface area contributed by atoms with E-state index in [4.69, 9.17) is 0 Å². The molecule has 0 aliphatic rings. The summed E-state index contributed by atoms with van der Waals surface area (Å²) in [6.45, 7) is 0. The Morgan fingerprint density at radius 3 is 1.54 bits per heavy atom. The van der Waals surface area contributed by atoms with Crippen molar-refractivity contribution < 1.29 is 0 Å². The lowest BCUT2D eigenvalue weighted by molar-refractivity contribution is 1.02. The third kappa shape index (κ3) is 2.81. The predicted octanol–water partition coefficient (Wildman–Crippen LogP) is 9.25. The summed E-state index contributed by atoms with van der Waals surface area (Å²) in [6.07, 6.45) is 0. The Balaban J connectivity index is 1.37. The van der Waals surface area contributed by atoms with E-state index < -0.39 is 0 Å². The van der Waals surface area contributed by atoms with E-state index in [1.165, 1.54) is 71.2 Å². The molecule has 0 bridgehead atoms. The summed E-state index contributed by atoms with van der Waals surface area (Å²) < 4.78 is 4.71. The van der Waals surface area contributed by atoms with Crippen molar-refractivity contribution in [2.24, 2.45) is 7.05 Å². The monoisotopic (exact) mass is 472 g/mol. The van der Waals surface area contributed by atoms with Crippen LogP contribution in [0.2, 0.25) is 0 Å². The zero-order chi connectivity index (χ0) is 24.5. The van der Waals surface area contributed by atoms with Gasteiger partial charge in [-0.3, -0.25) is 0 Å². The first kappa shape index (κ1) is 20.4. The minimum Gasteiger partial charge on any atom is -0.343 e. The number of rotatable bonds is 2. The van der Waals surface area contributed by atoms with Crippen LogP contribution < -0.4 is 0 Å². The van der Waals surface area contributed by atoms with Crippen molar-refractivity contribution in [1.82, 2.24) is 9.13 Å². The van der Waals surface area contributed by atoms with Gasteiger partial charge in [-0.25, -0.2) is 0 Å². The molecule has 2 heteroatoms. The standard InChI is InChI=1S/C35H24N2/c1-36-32-15-7-4-13-28(32)31-22-30(25-10-2-3-14-29(25)35(31)36)23-18-20-24(21-19-23)37-33-16-8-5-11-26(33)27-12-6-9-17-34(27)37/h2-22H,1H3. The topological polar surface area (TPSA) is 9.86 Å². The average Bonchev–Trinajstić information content (AvgIpc) is 3.45. The molecular formula is C35H24N2. The second-order valence-electron chi connectivity index (χ2n) is 9.86. The molecule has 0 saturated carbocycles. The van der Waals surface area contributed by atoms with Gasteiger partial charge < -0.3 is 9.13 Å². The summed E-state index contributed by atoms with van der Waals surface area (Å²) >= 11 is 0. The van der Waals surface area contributed by atoms with Gasteiger partial charge in [-0.05, 0) is 52.9 Å². The Kier molecular flexibility index (Phi) is 4.18. The lowest BCUT2D eigenvalue weighted by Crippen LogP contribution is -1.94. The molecule has 0 saturated heterocycles. The summed E-state index contributed by atoms with van der Waals surface area (Å²) in [5.74, 6) is 0. The van der Waals surface area contributed by atoms with Crippen LogP contribution in [0.3, 0.4) is 0 Å². The van der Waals surface area contributed by atoms with Gasteiger partial charge >= 0.3 is 0 Å². The highest BCUT2D eigenvalue weighted by Gasteiger charge is 2.16. The second-order valence-corrected chi connectivity index (χ2v) is 9.86. The molecule has 2 nitrogen and oxygen atoms in total. The van der Waals surface area contributed by atoms with Crippen molar-refractivity contribution in [2.45, 2.75) is 0 Å². The van der Waals surface area contributed by atoms with E-state index >= 15 is 0 Å². The van der Waals surface area contributed by atoms with Gasteiger partial charge in [-0.2, -0.15) is 0 Å². The molecule has 174 valence electrons. The van der Waals surface area contributed by atoms with Gasteiger partial charge in [0.05, 0.1) is 16.6 Å². The highest BCUT2D eigenvalue weighted by atomic mass is 15.0. The Morgan fingerprint density at radius 2 is 0.919 bits per heavy atom. The smallest absolute Gasteiger partial charge is 0.0568 e. The van der Waals surface area contributed by atoms with Crippen LogP contribution in [0.1, 0.15) is 0 Å². The van der Waals surface area contributed by atoms with Crippen molar-refractivity contribution in [1.29, 1.82) is 0 Å². The number of benzene rings is 6. The molecule has 0 N–H and O–H groups in total. The maximum Gasteiger partial charge on any atom is 0.0568 e. The van der Waals surface area contributed by atoms with Crippen LogP contribution in [-0.2, 0) is 7.05 Å². The zero-order valence-corrected chi connectivity index (χ0v) is 20.5. The highest BCUT2D eigenvalue weighted by Crippen LogP contribution is 2.40. The normalized spacial score (nSPS) is 11.9. The number of aryl methyl sites for hydroxylation is 1. The molecule has 0 amide bonds. The first-order valence-corrected chi connectivity index (χ1v) is 12.8. The van der Waals surface area contributed by atoms with Gasteiger partial charge in [-0.1, -0.05) is 91.0 Å². The number of hydrogen-bond acceptors (Lipinski definition) is 0. The van der Waals surface area contributed by atoms with Crippen LogP contribution in [0.25, 0.3) is 71.2 Å². The summed E-state index contributed by atoms with van der Waals surface area (Å²) in [7, 11) is 2.18. The fourth-order valence-electron chi connectivity index (χ4n) is 6.27. The van der Waals surface area contributed by atoms with Gasteiger partial charge in [0, 0.05) is 45.2 Å². The molecule has 0 unspecified atom stereocenters. The number of hydrogen-bond donors (Lipinski definition) is 0.